The third-order valence-electron chi connectivity index (χ3n) is 2.59. The summed E-state index contributed by atoms with van der Waals surface area (Å²) in [6.45, 7) is 1.62. The highest BCUT2D eigenvalue weighted by molar-refractivity contribution is 5.98. The summed E-state index contributed by atoms with van der Waals surface area (Å²) in [5.41, 5.74) is 0.266. The summed E-state index contributed by atoms with van der Waals surface area (Å²) < 4.78 is 41.1. The largest absolute Gasteiger partial charge is 0.573 e. The molecule has 2 rings (SSSR count). The lowest BCUT2D eigenvalue weighted by Gasteiger charge is -2.12. The summed E-state index contributed by atoms with van der Waals surface area (Å²) in [4.78, 5) is 15.8. The third kappa shape index (κ3) is 3.34. The number of alkyl halides is 3. The number of carbonyl (C=O) groups is 1. The number of benzene rings is 1. The SMILES string of the molecule is CC(C(=O)c1ccc(OC(F)(F)F)cc1)n1cncn1. The van der Waals surface area contributed by atoms with Crippen molar-refractivity contribution in [2.45, 2.75) is 19.3 Å². The molecule has 5 nitrogen and oxygen atoms in total. The molecule has 1 aromatic carbocycles. The Bertz CT molecular complexity index is 579. The lowest BCUT2D eigenvalue weighted by atomic mass is 10.1. The minimum Gasteiger partial charge on any atom is -0.406 e. The molecule has 0 bridgehead atoms. The van der Waals surface area contributed by atoms with Gasteiger partial charge in [-0.05, 0) is 31.2 Å². The smallest absolute Gasteiger partial charge is 0.406 e. The monoisotopic (exact) mass is 285 g/mol. The Kier molecular flexibility index (Phi) is 3.73. The Hall–Kier alpha value is -2.38. The van der Waals surface area contributed by atoms with Crippen molar-refractivity contribution in [2.24, 2.45) is 0 Å². The minimum absolute atomic E-state index is 0.266. The van der Waals surface area contributed by atoms with Crippen LogP contribution < -0.4 is 4.74 Å². The molecule has 1 heterocycles. The van der Waals surface area contributed by atoms with Crippen LogP contribution in [0.5, 0.6) is 5.75 Å². The first-order chi connectivity index (χ1) is 9.37. The van der Waals surface area contributed by atoms with Gasteiger partial charge in [-0.1, -0.05) is 0 Å². The molecule has 0 radical (unpaired) electrons. The van der Waals surface area contributed by atoms with Gasteiger partial charge in [0.15, 0.2) is 5.78 Å². The van der Waals surface area contributed by atoms with E-state index in [1.807, 2.05) is 0 Å². The van der Waals surface area contributed by atoms with E-state index in [-0.39, 0.29) is 17.1 Å². The molecule has 1 unspecified atom stereocenters. The Morgan fingerprint density at radius 1 is 1.30 bits per heavy atom. The fraction of sp³-hybridized carbons (Fsp3) is 0.250. The summed E-state index contributed by atoms with van der Waals surface area (Å²) in [6.07, 6.45) is -2.06. The van der Waals surface area contributed by atoms with Crippen LogP contribution in [0.2, 0.25) is 0 Å². The van der Waals surface area contributed by atoms with Crippen molar-refractivity contribution in [3.63, 3.8) is 0 Å². The van der Waals surface area contributed by atoms with E-state index < -0.39 is 12.4 Å². The molecule has 0 aliphatic rings. The van der Waals surface area contributed by atoms with Crippen LogP contribution in [-0.2, 0) is 0 Å². The molecule has 1 aromatic heterocycles. The lowest BCUT2D eigenvalue weighted by molar-refractivity contribution is -0.274. The van der Waals surface area contributed by atoms with Crippen LogP contribution in [0.25, 0.3) is 0 Å². The average Bonchev–Trinajstić information content (AvgIpc) is 2.90. The maximum Gasteiger partial charge on any atom is 0.573 e. The standard InChI is InChI=1S/C12H10F3N3O2/c1-8(18-7-16-6-17-18)11(19)9-2-4-10(5-3-9)20-12(13,14)15/h2-8H,1H3. The van der Waals surface area contributed by atoms with Gasteiger partial charge in [0.05, 0.1) is 0 Å². The summed E-state index contributed by atoms with van der Waals surface area (Å²) in [6, 6.07) is 4.14. The zero-order valence-electron chi connectivity index (χ0n) is 10.3. The van der Waals surface area contributed by atoms with E-state index in [0.717, 1.165) is 12.1 Å². The fourth-order valence-electron chi connectivity index (χ4n) is 1.60. The highest BCUT2D eigenvalue weighted by atomic mass is 19.4. The first kappa shape index (κ1) is 14.0. The Balaban J connectivity index is 2.12. The summed E-state index contributed by atoms with van der Waals surface area (Å²) in [5, 5.41) is 3.84. The van der Waals surface area contributed by atoms with Gasteiger partial charge >= 0.3 is 6.36 Å². The molecule has 0 amide bonds. The van der Waals surface area contributed by atoms with E-state index in [1.165, 1.54) is 29.5 Å². The second-order valence-corrected chi connectivity index (χ2v) is 3.99. The number of nitrogens with zero attached hydrogens (tertiary/aromatic N) is 3. The van der Waals surface area contributed by atoms with Gasteiger partial charge < -0.3 is 4.74 Å². The fourth-order valence-corrected chi connectivity index (χ4v) is 1.60. The van der Waals surface area contributed by atoms with Gasteiger partial charge in [0.2, 0.25) is 0 Å². The van der Waals surface area contributed by atoms with Crippen molar-refractivity contribution >= 4 is 5.78 Å². The van der Waals surface area contributed by atoms with Crippen LogP contribution in [0.4, 0.5) is 13.2 Å². The van der Waals surface area contributed by atoms with Crippen LogP contribution >= 0.6 is 0 Å². The van der Waals surface area contributed by atoms with Gasteiger partial charge in [0.25, 0.3) is 0 Å². The van der Waals surface area contributed by atoms with Gasteiger partial charge in [0, 0.05) is 5.56 Å². The Morgan fingerprint density at radius 3 is 2.45 bits per heavy atom. The minimum atomic E-state index is -4.75. The molecule has 106 valence electrons. The highest BCUT2D eigenvalue weighted by Gasteiger charge is 2.31. The predicted octanol–water partition coefficient (Wildman–Crippen LogP) is 2.62. The van der Waals surface area contributed by atoms with E-state index in [4.69, 9.17) is 0 Å². The van der Waals surface area contributed by atoms with Crippen molar-refractivity contribution in [3.05, 3.63) is 42.5 Å². The topological polar surface area (TPSA) is 57.0 Å². The van der Waals surface area contributed by atoms with Gasteiger partial charge in [-0.25, -0.2) is 9.67 Å². The molecule has 0 N–H and O–H groups in total. The van der Waals surface area contributed by atoms with Gasteiger partial charge in [0.1, 0.15) is 24.4 Å². The molecule has 8 heteroatoms. The molecule has 0 aliphatic heterocycles. The van der Waals surface area contributed by atoms with Gasteiger partial charge in [-0.3, -0.25) is 4.79 Å². The van der Waals surface area contributed by atoms with Gasteiger partial charge in [-0.2, -0.15) is 5.10 Å². The Morgan fingerprint density at radius 2 is 1.95 bits per heavy atom. The number of halogens is 3. The lowest BCUT2D eigenvalue weighted by Crippen LogP contribution is -2.18. The molecule has 0 spiro atoms. The van der Waals surface area contributed by atoms with Crippen LogP contribution in [0.3, 0.4) is 0 Å². The number of Topliss-reactive ketones (excluding diaryl/α,β-unsaturated/α-hetero) is 1. The first-order valence-electron chi connectivity index (χ1n) is 5.61. The average molecular weight is 285 g/mol. The molecule has 2 aromatic rings. The summed E-state index contributed by atoms with van der Waals surface area (Å²) in [7, 11) is 0. The number of carbonyl (C=O) groups excluding carboxylic acids is 1. The number of hydrogen-bond donors (Lipinski definition) is 0. The van der Waals surface area contributed by atoms with Crippen LogP contribution in [0, 0.1) is 0 Å². The zero-order valence-corrected chi connectivity index (χ0v) is 10.3. The zero-order chi connectivity index (χ0) is 14.8. The van der Waals surface area contributed by atoms with Gasteiger partial charge in [-0.15, -0.1) is 13.2 Å². The second kappa shape index (κ2) is 5.32. The number of aromatic nitrogens is 3. The van der Waals surface area contributed by atoms with E-state index in [9.17, 15) is 18.0 Å². The summed E-state index contributed by atoms with van der Waals surface area (Å²) >= 11 is 0. The maximum atomic E-state index is 12.1. The quantitative estimate of drug-likeness (QED) is 0.810. The highest BCUT2D eigenvalue weighted by Crippen LogP contribution is 2.23. The molecule has 0 aliphatic carbocycles. The number of rotatable bonds is 4. The van der Waals surface area contributed by atoms with Crippen molar-refractivity contribution in [2.75, 3.05) is 0 Å². The predicted molar refractivity (Wildman–Crippen MR) is 62.2 cm³/mol. The molecule has 0 saturated heterocycles. The molecule has 1 atom stereocenters. The number of hydrogen-bond acceptors (Lipinski definition) is 4. The van der Waals surface area contributed by atoms with E-state index in [2.05, 4.69) is 14.8 Å². The Labute approximate surface area is 112 Å². The first-order valence-corrected chi connectivity index (χ1v) is 5.61. The van der Waals surface area contributed by atoms with Crippen molar-refractivity contribution in [1.82, 2.24) is 14.8 Å². The normalized spacial score (nSPS) is 13.0. The van der Waals surface area contributed by atoms with E-state index >= 15 is 0 Å². The molecular weight excluding hydrogens is 275 g/mol. The van der Waals surface area contributed by atoms with Crippen LogP contribution in [-0.4, -0.2) is 26.9 Å². The number of ketones is 1. The molecule has 20 heavy (non-hydrogen) atoms. The van der Waals surface area contributed by atoms with Crippen molar-refractivity contribution < 1.29 is 22.7 Å². The van der Waals surface area contributed by atoms with Crippen LogP contribution in [0.1, 0.15) is 23.3 Å². The van der Waals surface area contributed by atoms with Crippen molar-refractivity contribution in [1.29, 1.82) is 0 Å². The van der Waals surface area contributed by atoms with Crippen molar-refractivity contribution in [3.8, 4) is 5.75 Å². The summed E-state index contributed by atoms with van der Waals surface area (Å²) in [5.74, 6) is -0.656. The van der Waals surface area contributed by atoms with E-state index in [1.54, 1.807) is 6.92 Å². The van der Waals surface area contributed by atoms with Crippen LogP contribution in [0.15, 0.2) is 36.9 Å². The molecule has 0 saturated carbocycles. The molecule has 0 fully saturated rings. The number of ether oxygens (including phenoxy) is 1. The maximum absolute atomic E-state index is 12.1. The molecular formula is C12H10F3N3O2. The van der Waals surface area contributed by atoms with E-state index in [0.29, 0.717) is 0 Å². The third-order valence-corrected chi connectivity index (χ3v) is 2.59. The second-order valence-electron chi connectivity index (χ2n) is 3.99.